The second-order valence-electron chi connectivity index (χ2n) is 42.0. The number of nitrogens with zero attached hydrogens (tertiary/aromatic N) is 3. The predicted molar refractivity (Wildman–Crippen MR) is 556 cm³/mol. The third-order valence-electron chi connectivity index (χ3n) is 29.2. The Bertz CT molecular complexity index is 1820. The van der Waals surface area contributed by atoms with E-state index in [4.69, 9.17) is 14.2 Å². The van der Waals surface area contributed by atoms with Crippen molar-refractivity contribution >= 4 is 17.9 Å². The molecule has 1 saturated carbocycles. The van der Waals surface area contributed by atoms with Crippen molar-refractivity contribution in [3.63, 3.8) is 0 Å². The van der Waals surface area contributed by atoms with E-state index in [1.54, 1.807) is 0 Å². The third kappa shape index (κ3) is 85.2. The average molecular weight is 1780 g/mol. The van der Waals surface area contributed by atoms with Crippen LogP contribution in [0.1, 0.15) is 640 Å². The highest BCUT2D eigenvalue weighted by Crippen LogP contribution is 2.37. The topological polar surface area (TPSA) is 88.6 Å². The Kier molecular flexibility index (Phi) is 96.3. The van der Waals surface area contributed by atoms with Crippen LogP contribution in [0.4, 0.5) is 0 Å². The van der Waals surface area contributed by atoms with E-state index < -0.39 is 17.8 Å². The zero-order chi connectivity index (χ0) is 91.1. The van der Waals surface area contributed by atoms with Crippen LogP contribution in [0, 0.1) is 17.8 Å². The van der Waals surface area contributed by atoms with Crippen molar-refractivity contribution in [3.8, 4) is 0 Å². The highest BCUT2D eigenvalue weighted by atomic mass is 16.6. The number of ether oxygens (including phenoxy) is 3. The SMILES string of the molecule is CCCCCCCCCCCCCCCCN(CCCCCCCCCCCCCCCC)CCC(C)OC(=O)C1CC(C(=O)OC(C)CCN(CCCCCCCCCCCCCCCC)CCCCCCCCCCCCCCCC)CC(C(=O)OC(C)CCN(CCCCCCCCCCCCCCCC)CCCCCCCCCCCCCCCC)C1. The molecule has 1 aliphatic carbocycles. The second-order valence-corrected chi connectivity index (χ2v) is 42.0. The molecule has 0 aromatic heterocycles. The highest BCUT2D eigenvalue weighted by molar-refractivity contribution is 5.80. The van der Waals surface area contributed by atoms with E-state index in [1.165, 1.54) is 539 Å². The number of carbonyl (C=O) groups excluding carboxylic acids is 3. The second kappa shape index (κ2) is 99.3. The molecule has 9 heteroatoms. The molecule has 126 heavy (non-hydrogen) atoms. The van der Waals surface area contributed by atoms with E-state index in [1.807, 2.05) is 0 Å². The first kappa shape index (κ1) is 122. The molecule has 0 aliphatic heterocycles. The fraction of sp³-hybridized carbons (Fsp3) is 0.974. The molecule has 0 saturated heterocycles. The summed E-state index contributed by atoms with van der Waals surface area (Å²) in [6.07, 6.45) is 118. The van der Waals surface area contributed by atoms with Crippen molar-refractivity contribution in [3.05, 3.63) is 0 Å². The van der Waals surface area contributed by atoms with Crippen molar-refractivity contribution in [2.45, 2.75) is 658 Å². The monoisotopic (exact) mass is 1770 g/mol. The predicted octanol–water partition coefficient (Wildman–Crippen LogP) is 37.8. The van der Waals surface area contributed by atoms with Crippen LogP contribution < -0.4 is 0 Å². The lowest BCUT2D eigenvalue weighted by Crippen LogP contribution is -2.39. The van der Waals surface area contributed by atoms with Gasteiger partial charge in [-0.25, -0.2) is 0 Å². The zero-order valence-corrected chi connectivity index (χ0v) is 87.8. The van der Waals surface area contributed by atoms with Gasteiger partial charge in [0.05, 0.1) is 17.8 Å². The number of hydrogen-bond donors (Lipinski definition) is 0. The van der Waals surface area contributed by atoms with Gasteiger partial charge in [0, 0.05) is 19.6 Å². The van der Waals surface area contributed by atoms with Gasteiger partial charge in [-0.15, -0.1) is 0 Å². The van der Waals surface area contributed by atoms with Gasteiger partial charge in [-0.05, 0) is 137 Å². The van der Waals surface area contributed by atoms with Gasteiger partial charge in [0.2, 0.25) is 0 Å². The van der Waals surface area contributed by atoms with Crippen molar-refractivity contribution in [1.29, 1.82) is 0 Å². The molecule has 1 rings (SSSR count). The molecule has 1 fully saturated rings. The van der Waals surface area contributed by atoms with E-state index in [0.29, 0.717) is 19.3 Å². The molecule has 9 nitrogen and oxygen atoms in total. The summed E-state index contributed by atoms with van der Waals surface area (Å²) in [6, 6.07) is 0. The molecule has 0 aromatic carbocycles. The molecule has 3 unspecified atom stereocenters. The van der Waals surface area contributed by atoms with Gasteiger partial charge < -0.3 is 28.9 Å². The van der Waals surface area contributed by atoms with Crippen LogP contribution >= 0.6 is 0 Å². The van der Waals surface area contributed by atoms with E-state index >= 15 is 0 Å². The van der Waals surface area contributed by atoms with Crippen LogP contribution in [0.3, 0.4) is 0 Å². The molecule has 0 bridgehead atoms. The Hall–Kier alpha value is -1.71. The Balaban J connectivity index is 3.31. The normalized spacial score (nSPS) is 15.1. The third-order valence-corrected chi connectivity index (χ3v) is 29.2. The molecule has 0 spiro atoms. The minimum Gasteiger partial charge on any atom is -0.462 e. The Morgan fingerprint density at radius 3 is 0.389 bits per heavy atom. The Labute approximate surface area is 791 Å². The van der Waals surface area contributed by atoms with E-state index in [9.17, 15) is 14.4 Å². The van der Waals surface area contributed by atoms with Crippen LogP contribution in [0.25, 0.3) is 0 Å². The van der Waals surface area contributed by atoms with Gasteiger partial charge in [0.1, 0.15) is 18.3 Å². The molecule has 0 radical (unpaired) electrons. The van der Waals surface area contributed by atoms with Crippen LogP contribution in [0.15, 0.2) is 0 Å². The number of carbonyl (C=O) groups is 3. The molecular formula is C117H231N3O6. The summed E-state index contributed by atoms with van der Waals surface area (Å²) in [4.78, 5) is 52.6. The zero-order valence-electron chi connectivity index (χ0n) is 87.8. The van der Waals surface area contributed by atoms with Gasteiger partial charge in [-0.3, -0.25) is 14.4 Å². The average Bonchev–Trinajstić information content (AvgIpc) is 0.820. The minimum absolute atomic E-state index is 0.255. The van der Waals surface area contributed by atoms with E-state index in [0.717, 1.165) is 78.2 Å². The summed E-state index contributed by atoms with van der Waals surface area (Å²) in [5, 5.41) is 0. The Morgan fingerprint density at radius 1 is 0.175 bits per heavy atom. The molecule has 0 aromatic rings. The van der Waals surface area contributed by atoms with Gasteiger partial charge in [-0.1, -0.05) is 542 Å². The first-order valence-corrected chi connectivity index (χ1v) is 58.8. The quantitative estimate of drug-likeness (QED) is 0.0336. The first-order valence-electron chi connectivity index (χ1n) is 58.8. The van der Waals surface area contributed by atoms with Gasteiger partial charge in [0.25, 0.3) is 0 Å². The molecule has 0 amide bonds. The molecule has 0 heterocycles. The number of hydrogen-bond acceptors (Lipinski definition) is 9. The van der Waals surface area contributed by atoms with E-state index in [2.05, 4.69) is 77.0 Å². The maximum Gasteiger partial charge on any atom is 0.309 e. The molecule has 750 valence electrons. The maximum absolute atomic E-state index is 14.8. The van der Waals surface area contributed by atoms with Crippen LogP contribution in [0.5, 0.6) is 0 Å². The van der Waals surface area contributed by atoms with Crippen LogP contribution in [-0.2, 0) is 28.6 Å². The fourth-order valence-corrected chi connectivity index (χ4v) is 20.2. The van der Waals surface area contributed by atoms with Crippen molar-refractivity contribution < 1.29 is 28.6 Å². The summed E-state index contributed by atoms with van der Waals surface area (Å²) in [6.45, 7) is 29.5. The van der Waals surface area contributed by atoms with E-state index in [-0.39, 0.29) is 36.2 Å². The summed E-state index contributed by atoms with van der Waals surface area (Å²) < 4.78 is 19.6. The van der Waals surface area contributed by atoms with Crippen molar-refractivity contribution in [2.24, 2.45) is 17.8 Å². The van der Waals surface area contributed by atoms with Gasteiger partial charge in [0.15, 0.2) is 0 Å². The highest BCUT2D eigenvalue weighted by Gasteiger charge is 2.42. The largest absolute Gasteiger partial charge is 0.462 e. The molecule has 3 atom stereocenters. The fourth-order valence-electron chi connectivity index (χ4n) is 20.2. The van der Waals surface area contributed by atoms with Crippen molar-refractivity contribution in [2.75, 3.05) is 58.9 Å². The molecule has 1 aliphatic rings. The van der Waals surface area contributed by atoms with Gasteiger partial charge >= 0.3 is 17.9 Å². The van der Waals surface area contributed by atoms with Gasteiger partial charge in [-0.2, -0.15) is 0 Å². The lowest BCUT2D eigenvalue weighted by atomic mass is 9.75. The smallest absolute Gasteiger partial charge is 0.309 e. The molecular weight excluding hydrogens is 1540 g/mol. The number of esters is 3. The maximum atomic E-state index is 14.8. The number of unbranched alkanes of at least 4 members (excludes halogenated alkanes) is 78. The lowest BCUT2D eigenvalue weighted by Gasteiger charge is -2.33. The van der Waals surface area contributed by atoms with Crippen molar-refractivity contribution in [1.82, 2.24) is 14.7 Å². The summed E-state index contributed by atoms with van der Waals surface area (Å²) in [5.74, 6) is -2.47. The minimum atomic E-state index is -0.569. The summed E-state index contributed by atoms with van der Waals surface area (Å²) in [7, 11) is 0. The Morgan fingerprint density at radius 2 is 0.278 bits per heavy atom. The standard InChI is InChI=1S/C117H231N3O6/c1-10-16-22-28-34-40-46-52-58-64-70-76-82-88-97-118(98-89-83-77-71-65-59-53-47-41-35-29-23-17-11-2)103-94-109(7)124-115(121)112-106-113(116(122)125-110(8)95-104-119(99-90-84-78-72-66-60-54-48-42-36-30-24-18-12-3)100-91-85-79-73-67-61-55-49-43-37-31-25-19-13-4)108-114(107-112)117(123)126-111(9)96-105-120(101-92-86-80-74-68-62-56-50-44-38-32-26-20-14-5)102-93-87-81-75-69-63-57-51-45-39-33-27-21-15-6/h109-114H,10-108H2,1-9H3. The van der Waals surface area contributed by atoms with Crippen LogP contribution in [-0.4, -0.2) is 110 Å². The first-order chi connectivity index (χ1) is 62.0. The molecule has 0 N–H and O–H groups in total. The lowest BCUT2D eigenvalue weighted by molar-refractivity contribution is -0.166. The summed E-state index contributed by atoms with van der Waals surface area (Å²) in [5.41, 5.74) is 0. The van der Waals surface area contributed by atoms with Crippen LogP contribution in [0.2, 0.25) is 0 Å². The summed E-state index contributed by atoms with van der Waals surface area (Å²) >= 11 is 0. The number of rotatable bonds is 105.